The van der Waals surface area contributed by atoms with Gasteiger partial charge < -0.3 is 10.7 Å². The van der Waals surface area contributed by atoms with E-state index in [4.69, 9.17) is 22.6 Å². The number of nitrogens with one attached hydrogen (secondary N) is 1. The molecule has 2 aromatic carbocycles. The molecule has 1 heterocycles. The van der Waals surface area contributed by atoms with E-state index in [9.17, 15) is 4.79 Å². The number of fused-ring (bicyclic) bond motifs is 1. The van der Waals surface area contributed by atoms with Crippen LogP contribution in [-0.2, 0) is 0 Å². The zero-order chi connectivity index (χ0) is 15.0. The zero-order valence-electron chi connectivity index (χ0n) is 10.9. The summed E-state index contributed by atoms with van der Waals surface area (Å²) in [6.45, 7) is 0. The number of ketones is 1. The number of carbonyl (C=O) groups excluding carboxylic acids is 1. The third-order valence-corrected chi connectivity index (χ3v) is 3.61. The average molecular weight is 296 g/mol. The third kappa shape index (κ3) is 2.24. The molecule has 0 saturated heterocycles. The Morgan fingerprint density at radius 2 is 2.00 bits per heavy atom. The van der Waals surface area contributed by atoms with Gasteiger partial charge in [0, 0.05) is 33.9 Å². The largest absolute Gasteiger partial charge is 0.399 e. The van der Waals surface area contributed by atoms with Crippen molar-refractivity contribution in [2.24, 2.45) is 0 Å². The van der Waals surface area contributed by atoms with Gasteiger partial charge in [-0.3, -0.25) is 4.79 Å². The number of aromatic nitrogens is 1. The molecule has 1 aromatic heterocycles. The van der Waals surface area contributed by atoms with Crippen LogP contribution in [0.15, 0.2) is 42.6 Å². The minimum absolute atomic E-state index is 0.207. The number of anilines is 1. The lowest BCUT2D eigenvalue weighted by molar-refractivity contribution is 0.104. The monoisotopic (exact) mass is 295 g/mol. The van der Waals surface area contributed by atoms with E-state index in [2.05, 4.69) is 11.1 Å². The van der Waals surface area contributed by atoms with Crippen molar-refractivity contribution in [1.82, 2.24) is 4.98 Å². The van der Waals surface area contributed by atoms with Crippen LogP contribution in [0.2, 0.25) is 5.02 Å². The fourth-order valence-electron chi connectivity index (χ4n) is 2.24. The molecule has 0 amide bonds. The van der Waals surface area contributed by atoms with Gasteiger partial charge in [-0.15, -0.1) is 0 Å². The van der Waals surface area contributed by atoms with Crippen LogP contribution in [0.4, 0.5) is 5.69 Å². The minimum atomic E-state index is -0.207. The quantitative estimate of drug-likeness (QED) is 0.560. The molecule has 0 unspecified atom stereocenters. The molecular weight excluding hydrogens is 286 g/mol. The second-order valence-electron chi connectivity index (χ2n) is 4.64. The van der Waals surface area contributed by atoms with Gasteiger partial charge in [0.05, 0.1) is 16.7 Å². The van der Waals surface area contributed by atoms with E-state index in [-0.39, 0.29) is 5.78 Å². The molecule has 0 atom stereocenters. The maximum absolute atomic E-state index is 12.6. The Balaban J connectivity index is 2.16. The molecule has 3 N–H and O–H groups in total. The van der Waals surface area contributed by atoms with Crippen molar-refractivity contribution in [3.8, 4) is 6.07 Å². The first kappa shape index (κ1) is 13.2. The molecule has 0 aliphatic rings. The highest BCUT2D eigenvalue weighted by Gasteiger charge is 2.17. The summed E-state index contributed by atoms with van der Waals surface area (Å²) >= 11 is 6.09. The van der Waals surface area contributed by atoms with Gasteiger partial charge in [0.1, 0.15) is 0 Å². The van der Waals surface area contributed by atoms with Gasteiger partial charge in [-0.25, -0.2) is 0 Å². The molecule has 3 rings (SSSR count). The maximum Gasteiger partial charge on any atom is 0.196 e. The van der Waals surface area contributed by atoms with Gasteiger partial charge in [0.25, 0.3) is 0 Å². The number of hydrogen-bond acceptors (Lipinski definition) is 3. The molecule has 0 fully saturated rings. The summed E-state index contributed by atoms with van der Waals surface area (Å²) in [7, 11) is 0. The van der Waals surface area contributed by atoms with Crippen LogP contribution in [-0.4, -0.2) is 10.8 Å². The first-order valence-electron chi connectivity index (χ1n) is 6.21. The van der Waals surface area contributed by atoms with Gasteiger partial charge in [-0.1, -0.05) is 11.6 Å². The van der Waals surface area contributed by atoms with Crippen LogP contribution in [0, 0.1) is 11.3 Å². The van der Waals surface area contributed by atoms with E-state index < -0.39 is 0 Å². The second-order valence-corrected chi connectivity index (χ2v) is 5.05. The van der Waals surface area contributed by atoms with E-state index in [1.165, 1.54) is 0 Å². The van der Waals surface area contributed by atoms with Crippen LogP contribution in [0.25, 0.3) is 10.9 Å². The summed E-state index contributed by atoms with van der Waals surface area (Å²) in [6.07, 6.45) is 1.63. The summed E-state index contributed by atoms with van der Waals surface area (Å²) in [5.41, 5.74) is 8.30. The van der Waals surface area contributed by atoms with E-state index in [0.29, 0.717) is 32.8 Å². The normalized spacial score (nSPS) is 10.5. The lowest BCUT2D eigenvalue weighted by Crippen LogP contribution is -2.02. The smallest absolute Gasteiger partial charge is 0.196 e. The molecule has 4 nitrogen and oxygen atoms in total. The number of aromatic amines is 1. The van der Waals surface area contributed by atoms with Crippen LogP contribution in [0.3, 0.4) is 0 Å². The molecule has 0 aliphatic heterocycles. The van der Waals surface area contributed by atoms with Crippen molar-refractivity contribution in [1.29, 1.82) is 5.26 Å². The lowest BCUT2D eigenvalue weighted by atomic mass is 10.0. The van der Waals surface area contributed by atoms with E-state index in [1.807, 2.05) is 0 Å². The molecule has 0 saturated carbocycles. The van der Waals surface area contributed by atoms with Crippen molar-refractivity contribution >= 4 is 34.0 Å². The predicted octanol–water partition coefficient (Wildman–Crippen LogP) is 3.51. The first-order chi connectivity index (χ1) is 10.1. The van der Waals surface area contributed by atoms with Gasteiger partial charge >= 0.3 is 0 Å². The van der Waals surface area contributed by atoms with E-state index in [0.717, 1.165) is 5.52 Å². The third-order valence-electron chi connectivity index (χ3n) is 3.29. The van der Waals surface area contributed by atoms with Crippen molar-refractivity contribution in [2.75, 3.05) is 5.73 Å². The Hall–Kier alpha value is -2.77. The molecule has 0 radical (unpaired) electrons. The Labute approximate surface area is 125 Å². The zero-order valence-corrected chi connectivity index (χ0v) is 11.6. The number of rotatable bonds is 2. The summed E-state index contributed by atoms with van der Waals surface area (Å²) in [5, 5.41) is 9.99. The number of nitrogen functional groups attached to an aromatic ring is 1. The molecule has 0 aliphatic carbocycles. The molecule has 5 heteroatoms. The Bertz CT molecular complexity index is 906. The molecular formula is C16H10ClN3O. The molecule has 3 aromatic rings. The fourth-order valence-corrected chi connectivity index (χ4v) is 2.51. The number of hydrogen-bond donors (Lipinski definition) is 2. The lowest BCUT2D eigenvalue weighted by Gasteiger charge is -2.04. The van der Waals surface area contributed by atoms with E-state index >= 15 is 0 Å². The van der Waals surface area contributed by atoms with Crippen LogP contribution < -0.4 is 5.73 Å². The highest BCUT2D eigenvalue weighted by Crippen LogP contribution is 2.26. The van der Waals surface area contributed by atoms with E-state index in [1.54, 1.807) is 42.6 Å². The van der Waals surface area contributed by atoms with Crippen LogP contribution in [0.1, 0.15) is 21.5 Å². The molecule has 102 valence electrons. The summed E-state index contributed by atoms with van der Waals surface area (Å²) in [5.74, 6) is -0.207. The Morgan fingerprint density at radius 3 is 2.71 bits per heavy atom. The van der Waals surface area contributed by atoms with Gasteiger partial charge in [0.15, 0.2) is 5.78 Å². The predicted molar refractivity (Wildman–Crippen MR) is 82.3 cm³/mol. The van der Waals surface area contributed by atoms with Crippen molar-refractivity contribution in [2.45, 2.75) is 0 Å². The van der Waals surface area contributed by atoms with Gasteiger partial charge in [-0.2, -0.15) is 5.26 Å². The Morgan fingerprint density at radius 1 is 1.19 bits per heavy atom. The number of benzene rings is 2. The second kappa shape index (κ2) is 4.97. The summed E-state index contributed by atoms with van der Waals surface area (Å²) in [6, 6.07) is 12.0. The summed E-state index contributed by atoms with van der Waals surface area (Å²) in [4.78, 5) is 15.6. The minimum Gasteiger partial charge on any atom is -0.399 e. The van der Waals surface area contributed by atoms with Crippen molar-refractivity contribution in [3.05, 3.63) is 64.3 Å². The number of halogens is 1. The Kier molecular flexibility index (Phi) is 3.13. The van der Waals surface area contributed by atoms with Crippen LogP contribution in [0.5, 0.6) is 0 Å². The number of nitrogens with zero attached hydrogens (tertiary/aromatic N) is 1. The SMILES string of the molecule is N#Cc1ccc2[nH]cc(C(=O)c3ccc(N)cc3Cl)c2c1. The van der Waals surface area contributed by atoms with Crippen LogP contribution >= 0.6 is 11.6 Å². The average Bonchev–Trinajstić information content (AvgIpc) is 2.89. The topological polar surface area (TPSA) is 82.7 Å². The highest BCUT2D eigenvalue weighted by molar-refractivity contribution is 6.35. The molecule has 0 bridgehead atoms. The van der Waals surface area contributed by atoms with Crippen molar-refractivity contribution in [3.63, 3.8) is 0 Å². The maximum atomic E-state index is 12.6. The molecule has 21 heavy (non-hydrogen) atoms. The number of nitriles is 1. The number of H-pyrrole nitrogens is 1. The standard InChI is InChI=1S/C16H10ClN3O/c17-14-6-10(19)2-3-11(14)16(21)13-8-20-15-4-1-9(7-18)5-12(13)15/h1-6,8,20H,19H2. The fraction of sp³-hybridized carbons (Fsp3) is 0. The number of nitrogens with two attached hydrogens (primary N) is 1. The highest BCUT2D eigenvalue weighted by atomic mass is 35.5. The first-order valence-corrected chi connectivity index (χ1v) is 6.59. The summed E-state index contributed by atoms with van der Waals surface area (Å²) < 4.78 is 0. The molecule has 0 spiro atoms. The van der Waals surface area contributed by atoms with Crippen molar-refractivity contribution < 1.29 is 4.79 Å². The van der Waals surface area contributed by atoms with Gasteiger partial charge in [0.2, 0.25) is 0 Å². The number of carbonyl (C=O) groups is 1. The van der Waals surface area contributed by atoms with Gasteiger partial charge in [-0.05, 0) is 36.4 Å².